The number of pyridine rings is 2. The summed E-state index contributed by atoms with van der Waals surface area (Å²) < 4.78 is 0. The van der Waals surface area contributed by atoms with Crippen LogP contribution in [-0.4, -0.2) is 94.7 Å². The van der Waals surface area contributed by atoms with Crippen molar-refractivity contribution in [1.29, 1.82) is 0 Å². The normalized spacial score (nSPS) is 28.3. The van der Waals surface area contributed by atoms with E-state index >= 15 is 0 Å². The SMILES string of the molecule is CC1=C[C@H]2Cc3[nH]c(=O)ccc3[C@@]3(C1)[C@@H]2CCCN3C(=O)CCN(C)CCCCCCCCN(C)CCC(=O)N1CCC[C@@H]2[C@H]3C=C(C)C[C@]21c1ccc(=O)[nH]c1C3. The second kappa shape index (κ2) is 17.1. The van der Waals surface area contributed by atoms with Crippen LogP contribution in [0.2, 0.25) is 0 Å². The number of allylic oxidation sites excluding steroid dienone is 2. The molecule has 4 aliphatic carbocycles. The van der Waals surface area contributed by atoms with E-state index in [1.165, 1.54) is 48.0 Å². The van der Waals surface area contributed by atoms with Gasteiger partial charge >= 0.3 is 0 Å². The van der Waals surface area contributed by atoms with E-state index in [1.54, 1.807) is 12.1 Å². The summed E-state index contributed by atoms with van der Waals surface area (Å²) in [6.45, 7) is 9.57. The van der Waals surface area contributed by atoms with Crippen LogP contribution in [-0.2, 0) is 33.5 Å². The second-order valence-corrected chi connectivity index (χ2v) is 19.2. The number of aromatic amines is 2. The van der Waals surface area contributed by atoms with E-state index in [2.05, 4.69) is 69.7 Å². The number of likely N-dealkylation sites (tertiary alicyclic amines) is 2. The standard InChI is InChI=1S/C48H68N6O4/c1-33-27-35-29-41-39(15-17-43(55)49-41)47(31-33)37(35)13-11-23-53(47)45(57)19-25-51(3)21-9-7-5-6-8-10-22-52(4)26-20-46(58)54-24-12-14-38-36-28-34(2)32-48(38,54)40-16-18-44(56)50-42(40)30-36/h15-18,27-28,35-38H,5-14,19-26,29-32H2,1-4H3,(H,49,55)(H,50,56)/t35-,36-,37+,38+,47+,48+/m0/s1. The topological polar surface area (TPSA) is 113 Å². The maximum atomic E-state index is 14.0. The average Bonchev–Trinajstić information content (AvgIpc) is 3.18. The van der Waals surface area contributed by atoms with Crippen LogP contribution < -0.4 is 11.1 Å². The lowest BCUT2D eigenvalue weighted by atomic mass is 9.56. The monoisotopic (exact) mass is 793 g/mol. The molecule has 2 aromatic heterocycles. The number of H-pyrrole nitrogens is 2. The molecular weight excluding hydrogens is 725 g/mol. The van der Waals surface area contributed by atoms with Gasteiger partial charge in [-0.25, -0.2) is 0 Å². The minimum absolute atomic E-state index is 0.0513. The van der Waals surface area contributed by atoms with Gasteiger partial charge in [0.25, 0.3) is 0 Å². The Morgan fingerprint density at radius 3 is 1.48 bits per heavy atom. The molecule has 2 aromatic rings. The second-order valence-electron chi connectivity index (χ2n) is 19.2. The van der Waals surface area contributed by atoms with Crippen molar-refractivity contribution >= 4 is 11.8 Å². The molecule has 6 aliphatic rings. The summed E-state index contributed by atoms with van der Waals surface area (Å²) in [6, 6.07) is 7.34. The molecule has 2 aliphatic heterocycles. The van der Waals surface area contributed by atoms with Crippen LogP contribution in [0.3, 0.4) is 0 Å². The summed E-state index contributed by atoms with van der Waals surface area (Å²) >= 11 is 0. The number of hydrogen-bond donors (Lipinski definition) is 2. The smallest absolute Gasteiger partial charge is 0.248 e. The number of unbranched alkanes of at least 4 members (excludes halogenated alkanes) is 5. The van der Waals surface area contributed by atoms with Crippen LogP contribution in [0.5, 0.6) is 0 Å². The molecule has 2 N–H and O–H groups in total. The third-order valence-corrected chi connectivity index (χ3v) is 15.3. The number of aromatic nitrogens is 2. The Labute approximate surface area is 345 Å². The number of carbonyl (C=O) groups excluding carboxylic acids is 2. The Kier molecular flexibility index (Phi) is 12.1. The van der Waals surface area contributed by atoms with Crippen molar-refractivity contribution < 1.29 is 9.59 Å². The van der Waals surface area contributed by atoms with Crippen molar-refractivity contribution in [1.82, 2.24) is 29.6 Å². The number of rotatable bonds is 15. The highest BCUT2D eigenvalue weighted by Gasteiger charge is 2.58. The number of nitrogens with zero attached hydrogens (tertiary/aromatic N) is 4. The molecule has 2 amide bonds. The van der Waals surface area contributed by atoms with Gasteiger partial charge in [0.15, 0.2) is 0 Å². The Morgan fingerprint density at radius 1 is 0.638 bits per heavy atom. The van der Waals surface area contributed by atoms with Crippen molar-refractivity contribution in [3.05, 3.63) is 90.8 Å². The highest BCUT2D eigenvalue weighted by Crippen LogP contribution is 2.58. The Morgan fingerprint density at radius 2 is 1.05 bits per heavy atom. The Bertz CT molecular complexity index is 1890. The minimum atomic E-state index is -0.332. The molecule has 4 heterocycles. The largest absolute Gasteiger partial charge is 0.332 e. The van der Waals surface area contributed by atoms with Gasteiger partial charge in [-0.05, 0) is 152 Å². The zero-order valence-corrected chi connectivity index (χ0v) is 35.8. The van der Waals surface area contributed by atoms with E-state index in [0.29, 0.717) is 36.5 Å². The van der Waals surface area contributed by atoms with Gasteiger partial charge in [0.2, 0.25) is 22.9 Å². The predicted octanol–water partition coefficient (Wildman–Crippen LogP) is 6.66. The van der Waals surface area contributed by atoms with Crippen molar-refractivity contribution in [2.45, 2.75) is 128 Å². The summed E-state index contributed by atoms with van der Waals surface area (Å²) in [5, 5.41) is 0. The zero-order valence-electron chi connectivity index (χ0n) is 35.8. The molecule has 314 valence electrons. The third kappa shape index (κ3) is 7.73. The molecule has 0 saturated carbocycles. The highest BCUT2D eigenvalue weighted by molar-refractivity contribution is 5.79. The van der Waals surface area contributed by atoms with E-state index in [-0.39, 0.29) is 34.0 Å². The molecule has 0 aromatic carbocycles. The van der Waals surface area contributed by atoms with Crippen LogP contribution in [0, 0.1) is 23.7 Å². The Hall–Kier alpha value is -3.76. The average molecular weight is 793 g/mol. The molecule has 0 radical (unpaired) electrons. The molecule has 10 heteroatoms. The first-order valence-electron chi connectivity index (χ1n) is 22.8. The number of amides is 2. The number of fused-ring (bicyclic) bond motifs is 2. The highest BCUT2D eigenvalue weighted by atomic mass is 16.2. The number of hydrogen-bond acceptors (Lipinski definition) is 6. The zero-order chi connectivity index (χ0) is 40.6. The lowest BCUT2D eigenvalue weighted by molar-refractivity contribution is -0.149. The lowest BCUT2D eigenvalue weighted by Crippen LogP contribution is -2.62. The van der Waals surface area contributed by atoms with Gasteiger partial charge in [-0.2, -0.15) is 0 Å². The van der Waals surface area contributed by atoms with E-state index in [9.17, 15) is 19.2 Å². The molecule has 0 spiro atoms. The number of piperidine rings is 2. The summed E-state index contributed by atoms with van der Waals surface area (Å²) in [5.74, 6) is 2.09. The van der Waals surface area contributed by atoms with Crippen molar-refractivity contribution in [2.75, 3.05) is 53.4 Å². The van der Waals surface area contributed by atoms with Crippen LogP contribution in [0.4, 0.5) is 0 Å². The van der Waals surface area contributed by atoms with E-state index in [1.807, 2.05) is 12.1 Å². The van der Waals surface area contributed by atoms with Gasteiger partial charge in [-0.15, -0.1) is 0 Å². The maximum absolute atomic E-state index is 14.0. The summed E-state index contributed by atoms with van der Waals surface area (Å²) in [5.41, 5.74) is 6.37. The van der Waals surface area contributed by atoms with Gasteiger partial charge in [-0.3, -0.25) is 19.2 Å². The van der Waals surface area contributed by atoms with Crippen molar-refractivity contribution in [3.8, 4) is 0 Å². The van der Waals surface area contributed by atoms with Gasteiger partial charge in [-0.1, -0.05) is 49.0 Å². The lowest BCUT2D eigenvalue weighted by Gasteiger charge is -2.59. The fraction of sp³-hybridized carbons (Fsp3) is 0.667. The molecule has 2 fully saturated rings. The minimum Gasteiger partial charge on any atom is -0.332 e. The first kappa shape index (κ1) is 41.0. The van der Waals surface area contributed by atoms with E-state index in [0.717, 1.165) is 115 Å². The molecule has 4 bridgehead atoms. The van der Waals surface area contributed by atoms with E-state index in [4.69, 9.17) is 0 Å². The fourth-order valence-electron chi connectivity index (χ4n) is 12.9. The van der Waals surface area contributed by atoms with Crippen molar-refractivity contribution in [2.24, 2.45) is 23.7 Å². The summed E-state index contributed by atoms with van der Waals surface area (Å²) in [6.07, 6.45) is 20.8. The van der Waals surface area contributed by atoms with Gasteiger partial charge in [0.1, 0.15) is 0 Å². The first-order valence-corrected chi connectivity index (χ1v) is 22.8. The van der Waals surface area contributed by atoms with E-state index < -0.39 is 0 Å². The number of carbonyl (C=O) groups is 2. The Balaban J connectivity index is 0.736. The summed E-state index contributed by atoms with van der Waals surface area (Å²) in [7, 11) is 4.30. The van der Waals surface area contributed by atoms with Gasteiger partial charge in [0, 0.05) is 62.5 Å². The molecule has 0 unspecified atom stereocenters. The van der Waals surface area contributed by atoms with Crippen LogP contribution in [0.25, 0.3) is 0 Å². The van der Waals surface area contributed by atoms with Gasteiger partial charge < -0.3 is 29.6 Å². The van der Waals surface area contributed by atoms with Crippen molar-refractivity contribution in [3.63, 3.8) is 0 Å². The fourth-order valence-corrected chi connectivity index (χ4v) is 12.9. The van der Waals surface area contributed by atoms with Gasteiger partial charge in [0.05, 0.1) is 11.1 Å². The molecule has 2 saturated heterocycles. The third-order valence-electron chi connectivity index (χ3n) is 15.3. The first-order chi connectivity index (χ1) is 28.0. The molecule has 8 rings (SSSR count). The van der Waals surface area contributed by atoms with Crippen LogP contribution >= 0.6 is 0 Å². The quantitative estimate of drug-likeness (QED) is 0.154. The maximum Gasteiger partial charge on any atom is 0.248 e. The molecule has 58 heavy (non-hydrogen) atoms. The summed E-state index contributed by atoms with van der Waals surface area (Å²) in [4.78, 5) is 68.0. The van der Waals surface area contributed by atoms with Crippen LogP contribution in [0.15, 0.2) is 57.2 Å². The predicted molar refractivity (Wildman–Crippen MR) is 229 cm³/mol. The molecular formula is C48H68N6O4. The van der Waals surface area contributed by atoms with Crippen LogP contribution in [0.1, 0.15) is 126 Å². The number of nitrogens with one attached hydrogen (secondary N) is 2. The molecule has 6 atom stereocenters. The molecule has 10 nitrogen and oxygen atoms in total.